The average Bonchev–Trinajstić information content (AvgIpc) is 2.36. The third kappa shape index (κ3) is 3.91. The molecule has 0 bridgehead atoms. The molecule has 1 fully saturated rings. The van der Waals surface area contributed by atoms with E-state index in [-0.39, 0.29) is 6.61 Å². The smallest absolute Gasteiger partial charge is 0.130 e. The molecular weight excluding hydrogens is 238 g/mol. The van der Waals surface area contributed by atoms with E-state index in [1.807, 2.05) is 12.3 Å². The van der Waals surface area contributed by atoms with Gasteiger partial charge in [-0.15, -0.1) is 0 Å². The molecule has 0 amide bonds. The fraction of sp³-hybridized carbons (Fsp3) is 0.667. The summed E-state index contributed by atoms with van der Waals surface area (Å²) in [5, 5.41) is 12.4. The predicted octanol–water partition coefficient (Wildman–Crippen LogP) is 2.25. The summed E-state index contributed by atoms with van der Waals surface area (Å²) in [7, 11) is 0. The van der Waals surface area contributed by atoms with Gasteiger partial charge in [-0.05, 0) is 32.3 Å². The summed E-state index contributed by atoms with van der Waals surface area (Å²) in [4.78, 5) is 6.92. The zero-order chi connectivity index (χ0) is 13.5. The summed E-state index contributed by atoms with van der Waals surface area (Å²) in [6, 6.07) is 4.85. The molecule has 4 nitrogen and oxygen atoms in total. The first-order chi connectivity index (χ1) is 9.35. The molecule has 0 atom stereocenters. The third-order valence-electron chi connectivity index (χ3n) is 3.80. The number of nitrogens with zero attached hydrogens (tertiary/aromatic N) is 2. The van der Waals surface area contributed by atoms with E-state index < -0.39 is 0 Å². The Kier molecular flexibility index (Phi) is 5.61. The van der Waals surface area contributed by atoms with Gasteiger partial charge in [-0.1, -0.05) is 12.5 Å². The van der Waals surface area contributed by atoms with Gasteiger partial charge >= 0.3 is 0 Å². The maximum absolute atomic E-state index is 9.04. The lowest BCUT2D eigenvalue weighted by Gasteiger charge is -2.37. The second kappa shape index (κ2) is 7.46. The number of anilines is 1. The molecule has 0 spiro atoms. The van der Waals surface area contributed by atoms with E-state index in [1.54, 1.807) is 0 Å². The molecule has 2 rings (SSSR count). The summed E-state index contributed by atoms with van der Waals surface area (Å²) < 4.78 is 0. The first-order valence-corrected chi connectivity index (χ1v) is 7.37. The lowest BCUT2D eigenvalue weighted by atomic mass is 9.91. The molecule has 0 aromatic carbocycles. The van der Waals surface area contributed by atoms with Crippen LogP contribution in [-0.2, 0) is 6.54 Å². The van der Waals surface area contributed by atoms with Crippen LogP contribution in [0, 0.1) is 0 Å². The Hall–Kier alpha value is -1.13. The maximum atomic E-state index is 9.04. The molecule has 19 heavy (non-hydrogen) atoms. The summed E-state index contributed by atoms with van der Waals surface area (Å²) in [6.45, 7) is 5.16. The number of hydrogen-bond acceptors (Lipinski definition) is 4. The van der Waals surface area contributed by atoms with Crippen molar-refractivity contribution in [3.05, 3.63) is 23.9 Å². The van der Waals surface area contributed by atoms with Gasteiger partial charge in [0.2, 0.25) is 0 Å². The van der Waals surface area contributed by atoms with Crippen LogP contribution in [0.2, 0.25) is 0 Å². The van der Waals surface area contributed by atoms with Gasteiger partial charge in [-0.25, -0.2) is 4.98 Å². The van der Waals surface area contributed by atoms with Gasteiger partial charge in [0.05, 0.1) is 0 Å². The average molecular weight is 263 g/mol. The van der Waals surface area contributed by atoms with E-state index >= 15 is 0 Å². The molecule has 0 radical (unpaired) electrons. The van der Waals surface area contributed by atoms with E-state index in [2.05, 4.69) is 28.2 Å². The molecule has 2 N–H and O–H groups in total. The number of aliphatic hydroxyl groups is 1. The van der Waals surface area contributed by atoms with Crippen LogP contribution in [0.15, 0.2) is 18.3 Å². The fourth-order valence-electron chi connectivity index (χ4n) is 2.53. The number of pyridine rings is 1. The van der Waals surface area contributed by atoms with Gasteiger partial charge in [0.15, 0.2) is 0 Å². The van der Waals surface area contributed by atoms with Gasteiger partial charge < -0.3 is 10.4 Å². The van der Waals surface area contributed by atoms with Crippen molar-refractivity contribution in [1.82, 2.24) is 9.88 Å². The minimum atomic E-state index is 0.274. The second-order valence-electron chi connectivity index (χ2n) is 5.17. The lowest BCUT2D eigenvalue weighted by molar-refractivity contribution is 0.109. The Morgan fingerprint density at radius 1 is 1.47 bits per heavy atom. The van der Waals surface area contributed by atoms with Gasteiger partial charge in [0, 0.05) is 44.0 Å². The SMILES string of the molecule is CCNc1ncccc1CN(CCCO)C1CCC1. The van der Waals surface area contributed by atoms with E-state index in [9.17, 15) is 0 Å². The molecule has 1 aromatic rings. The number of nitrogens with one attached hydrogen (secondary N) is 1. The Balaban J connectivity index is 2.02. The van der Waals surface area contributed by atoms with Crippen molar-refractivity contribution in [2.24, 2.45) is 0 Å². The number of hydrogen-bond donors (Lipinski definition) is 2. The summed E-state index contributed by atoms with van der Waals surface area (Å²) in [5.74, 6) is 0.998. The molecule has 0 saturated heterocycles. The van der Waals surface area contributed by atoms with Crippen molar-refractivity contribution >= 4 is 5.82 Å². The number of aromatic nitrogens is 1. The Morgan fingerprint density at radius 2 is 2.32 bits per heavy atom. The Labute approximate surface area is 115 Å². The summed E-state index contributed by atoms with van der Waals surface area (Å²) in [6.07, 6.45) is 6.62. The third-order valence-corrected chi connectivity index (χ3v) is 3.80. The van der Waals surface area contributed by atoms with Crippen LogP contribution in [-0.4, -0.2) is 40.7 Å². The molecule has 1 aliphatic carbocycles. The van der Waals surface area contributed by atoms with Gasteiger partial charge in [0.25, 0.3) is 0 Å². The van der Waals surface area contributed by atoms with E-state index in [0.717, 1.165) is 31.9 Å². The standard InChI is InChI=1S/C15H25N3O/c1-2-16-15-13(6-4-9-17-15)12-18(10-5-11-19)14-7-3-8-14/h4,6,9,14,19H,2-3,5,7-8,10-12H2,1H3,(H,16,17). The second-order valence-corrected chi connectivity index (χ2v) is 5.17. The predicted molar refractivity (Wildman–Crippen MR) is 78.2 cm³/mol. The van der Waals surface area contributed by atoms with Crippen LogP contribution in [0.4, 0.5) is 5.82 Å². The van der Waals surface area contributed by atoms with Crippen molar-refractivity contribution in [3.63, 3.8) is 0 Å². The van der Waals surface area contributed by atoms with Crippen molar-refractivity contribution in [2.75, 3.05) is 25.0 Å². The summed E-state index contributed by atoms with van der Waals surface area (Å²) >= 11 is 0. The van der Waals surface area contributed by atoms with Gasteiger partial charge in [-0.2, -0.15) is 0 Å². The highest BCUT2D eigenvalue weighted by atomic mass is 16.3. The summed E-state index contributed by atoms with van der Waals surface area (Å²) in [5.41, 5.74) is 1.26. The molecule has 106 valence electrons. The van der Waals surface area contributed by atoms with Crippen molar-refractivity contribution < 1.29 is 5.11 Å². The fourth-order valence-corrected chi connectivity index (χ4v) is 2.53. The first-order valence-electron chi connectivity index (χ1n) is 7.37. The molecule has 0 unspecified atom stereocenters. The van der Waals surface area contributed by atoms with E-state index in [4.69, 9.17) is 5.11 Å². The molecular formula is C15H25N3O. The van der Waals surface area contributed by atoms with E-state index in [1.165, 1.54) is 24.8 Å². The zero-order valence-electron chi connectivity index (χ0n) is 11.8. The quantitative estimate of drug-likeness (QED) is 0.755. The highest BCUT2D eigenvalue weighted by molar-refractivity contribution is 5.43. The topological polar surface area (TPSA) is 48.4 Å². The first kappa shape index (κ1) is 14.3. The molecule has 1 aliphatic rings. The van der Waals surface area contributed by atoms with Crippen LogP contribution >= 0.6 is 0 Å². The minimum absolute atomic E-state index is 0.274. The van der Waals surface area contributed by atoms with Gasteiger partial charge in [-0.3, -0.25) is 4.90 Å². The van der Waals surface area contributed by atoms with Crippen LogP contribution < -0.4 is 5.32 Å². The largest absolute Gasteiger partial charge is 0.396 e. The Morgan fingerprint density at radius 3 is 2.95 bits per heavy atom. The van der Waals surface area contributed by atoms with Crippen LogP contribution in [0.3, 0.4) is 0 Å². The lowest BCUT2D eigenvalue weighted by Crippen LogP contribution is -2.40. The zero-order valence-corrected chi connectivity index (χ0v) is 11.8. The molecule has 4 heteroatoms. The van der Waals surface area contributed by atoms with Crippen LogP contribution in [0.1, 0.15) is 38.2 Å². The Bertz CT molecular complexity index is 379. The van der Waals surface area contributed by atoms with E-state index in [0.29, 0.717) is 6.04 Å². The highest BCUT2D eigenvalue weighted by Crippen LogP contribution is 2.27. The monoisotopic (exact) mass is 263 g/mol. The van der Waals surface area contributed by atoms with Crippen molar-refractivity contribution in [3.8, 4) is 0 Å². The normalized spacial score (nSPS) is 15.5. The molecule has 1 saturated carbocycles. The number of aliphatic hydroxyl groups excluding tert-OH is 1. The molecule has 0 aliphatic heterocycles. The molecule has 1 aromatic heterocycles. The van der Waals surface area contributed by atoms with Gasteiger partial charge in [0.1, 0.15) is 5.82 Å². The number of rotatable bonds is 8. The van der Waals surface area contributed by atoms with Crippen molar-refractivity contribution in [1.29, 1.82) is 0 Å². The van der Waals surface area contributed by atoms with Crippen LogP contribution in [0.5, 0.6) is 0 Å². The highest BCUT2D eigenvalue weighted by Gasteiger charge is 2.25. The van der Waals surface area contributed by atoms with Crippen LogP contribution in [0.25, 0.3) is 0 Å². The minimum Gasteiger partial charge on any atom is -0.396 e. The van der Waals surface area contributed by atoms with Crippen molar-refractivity contribution in [2.45, 2.75) is 45.2 Å². The molecule has 1 heterocycles. The maximum Gasteiger partial charge on any atom is 0.130 e.